The molecule has 168 valence electrons. The van der Waals surface area contributed by atoms with Gasteiger partial charge in [-0.3, -0.25) is 9.63 Å². The highest BCUT2D eigenvalue weighted by atomic mass is 16.7. The van der Waals surface area contributed by atoms with Crippen molar-refractivity contribution < 1.29 is 24.3 Å². The zero-order valence-electron chi connectivity index (χ0n) is 18.4. The number of hydrogen-bond donors (Lipinski definition) is 2. The van der Waals surface area contributed by atoms with Gasteiger partial charge in [-0.1, -0.05) is 63.2 Å². The highest BCUT2D eigenvalue weighted by Crippen LogP contribution is 2.21. The van der Waals surface area contributed by atoms with Gasteiger partial charge in [0.2, 0.25) is 6.41 Å². The molecule has 2 unspecified atom stereocenters. The number of rotatable bonds is 12. The first kappa shape index (κ1) is 24.4. The van der Waals surface area contributed by atoms with Gasteiger partial charge < -0.3 is 15.6 Å². The Hall–Kier alpha value is -2.90. The van der Waals surface area contributed by atoms with Crippen molar-refractivity contribution in [2.45, 2.75) is 52.3 Å². The molecule has 0 aromatic heterocycles. The quantitative estimate of drug-likeness (QED) is 0.397. The van der Waals surface area contributed by atoms with E-state index in [1.807, 2.05) is 30.3 Å². The number of carboxylic acid groups (broad SMARTS) is 1. The Morgan fingerprint density at radius 2 is 1.74 bits per heavy atom. The zero-order chi connectivity index (χ0) is 22.9. The Bertz CT molecular complexity index is 818. The van der Waals surface area contributed by atoms with Crippen LogP contribution in [-0.2, 0) is 27.5 Å². The summed E-state index contributed by atoms with van der Waals surface area (Å²) in [5.74, 6) is -0.457. The molecule has 0 heterocycles. The van der Waals surface area contributed by atoms with E-state index in [0.29, 0.717) is 18.8 Å². The molecule has 2 aromatic carbocycles. The molecule has 0 aliphatic heterocycles. The number of ether oxygens (including phenoxy) is 1. The summed E-state index contributed by atoms with van der Waals surface area (Å²) in [6, 6.07) is 15.3. The minimum absolute atomic E-state index is 0.0199. The molecule has 0 aliphatic carbocycles. The van der Waals surface area contributed by atoms with Crippen LogP contribution in [-0.4, -0.2) is 41.2 Å². The average Bonchev–Trinajstić information content (AvgIpc) is 2.74. The third-order valence-electron chi connectivity index (χ3n) is 5.08. The molecule has 1 amide bonds. The van der Waals surface area contributed by atoms with Crippen molar-refractivity contribution in [3.05, 3.63) is 65.7 Å². The van der Waals surface area contributed by atoms with E-state index >= 15 is 0 Å². The van der Waals surface area contributed by atoms with Crippen LogP contribution in [0.1, 0.15) is 38.3 Å². The summed E-state index contributed by atoms with van der Waals surface area (Å²) >= 11 is 0. The highest BCUT2D eigenvalue weighted by molar-refractivity contribution is 5.76. The largest absolute Gasteiger partial charge is 0.494 e. The fourth-order valence-corrected chi connectivity index (χ4v) is 2.89. The summed E-state index contributed by atoms with van der Waals surface area (Å²) in [4.78, 5) is 28.7. The molecule has 0 saturated carbocycles. The molecule has 0 fully saturated rings. The van der Waals surface area contributed by atoms with Crippen molar-refractivity contribution in [1.82, 2.24) is 5.06 Å². The van der Waals surface area contributed by atoms with E-state index in [1.54, 1.807) is 24.3 Å². The standard InChI is InChI=1S/C24H32N2O5/c1-24(2,3)22(25)13-14-30-20-11-9-18(10-12-20)15-21(23(28)29)26(17-27)31-16-19-7-5-4-6-8-19/h4-12,17,21-22H,13-16,25H2,1-3H3,(H,28,29). The van der Waals surface area contributed by atoms with Gasteiger partial charge in [0, 0.05) is 12.5 Å². The Labute approximate surface area is 183 Å². The SMILES string of the molecule is CC(C)(C)C(N)CCOc1ccc(CC(C(=O)O)N(C=O)OCc2ccccc2)cc1. The van der Waals surface area contributed by atoms with Crippen molar-refractivity contribution in [1.29, 1.82) is 0 Å². The van der Waals surface area contributed by atoms with Crippen LogP contribution in [0.4, 0.5) is 0 Å². The van der Waals surface area contributed by atoms with Gasteiger partial charge in [-0.05, 0) is 35.1 Å². The van der Waals surface area contributed by atoms with Gasteiger partial charge in [-0.2, -0.15) is 0 Å². The van der Waals surface area contributed by atoms with Crippen molar-refractivity contribution in [2.75, 3.05) is 6.61 Å². The van der Waals surface area contributed by atoms with Gasteiger partial charge >= 0.3 is 5.97 Å². The molecular weight excluding hydrogens is 396 g/mol. The lowest BCUT2D eigenvalue weighted by Crippen LogP contribution is -2.41. The topological polar surface area (TPSA) is 102 Å². The smallest absolute Gasteiger partial charge is 0.329 e. The van der Waals surface area contributed by atoms with Gasteiger partial charge in [-0.15, -0.1) is 0 Å². The van der Waals surface area contributed by atoms with Crippen LogP contribution in [0.2, 0.25) is 0 Å². The summed E-state index contributed by atoms with van der Waals surface area (Å²) in [5, 5.41) is 10.5. The first-order valence-corrected chi connectivity index (χ1v) is 10.3. The van der Waals surface area contributed by atoms with Crippen LogP contribution in [0.3, 0.4) is 0 Å². The third kappa shape index (κ3) is 8.03. The maximum absolute atomic E-state index is 11.8. The number of carboxylic acids is 1. The first-order chi connectivity index (χ1) is 14.7. The number of hydroxylamine groups is 2. The first-order valence-electron chi connectivity index (χ1n) is 10.3. The Morgan fingerprint density at radius 3 is 2.29 bits per heavy atom. The van der Waals surface area contributed by atoms with Crippen LogP contribution in [0.5, 0.6) is 5.75 Å². The van der Waals surface area contributed by atoms with E-state index in [-0.39, 0.29) is 24.5 Å². The van der Waals surface area contributed by atoms with Crippen molar-refractivity contribution in [2.24, 2.45) is 11.1 Å². The average molecular weight is 429 g/mol. The molecule has 2 aromatic rings. The lowest BCUT2D eigenvalue weighted by atomic mass is 9.86. The van der Waals surface area contributed by atoms with Crippen molar-refractivity contribution in [3.8, 4) is 5.75 Å². The van der Waals surface area contributed by atoms with E-state index in [9.17, 15) is 14.7 Å². The van der Waals surface area contributed by atoms with E-state index in [1.165, 1.54) is 0 Å². The minimum atomic E-state index is -1.14. The van der Waals surface area contributed by atoms with Crippen LogP contribution >= 0.6 is 0 Å². The molecule has 31 heavy (non-hydrogen) atoms. The lowest BCUT2D eigenvalue weighted by molar-refractivity contribution is -0.200. The number of nitrogens with zero attached hydrogens (tertiary/aromatic N) is 1. The molecule has 7 heteroatoms. The number of amides is 1. The Kier molecular flexibility index (Phi) is 9.03. The number of hydrogen-bond acceptors (Lipinski definition) is 5. The molecule has 2 atom stereocenters. The molecule has 7 nitrogen and oxygen atoms in total. The molecule has 3 N–H and O–H groups in total. The van der Waals surface area contributed by atoms with E-state index in [4.69, 9.17) is 15.3 Å². The number of carbonyl (C=O) groups is 2. The highest BCUT2D eigenvalue weighted by Gasteiger charge is 2.26. The predicted molar refractivity (Wildman–Crippen MR) is 118 cm³/mol. The predicted octanol–water partition coefficient (Wildman–Crippen LogP) is 3.41. The molecule has 0 saturated heterocycles. The lowest BCUT2D eigenvalue weighted by Gasteiger charge is -2.26. The van der Waals surface area contributed by atoms with Crippen LogP contribution in [0.15, 0.2) is 54.6 Å². The van der Waals surface area contributed by atoms with Gasteiger partial charge in [0.15, 0.2) is 6.04 Å². The maximum atomic E-state index is 11.8. The summed E-state index contributed by atoms with van der Waals surface area (Å²) in [5.41, 5.74) is 7.75. The second-order valence-corrected chi connectivity index (χ2v) is 8.54. The maximum Gasteiger partial charge on any atom is 0.329 e. The Morgan fingerprint density at radius 1 is 1.10 bits per heavy atom. The number of aliphatic carboxylic acids is 1. The van der Waals surface area contributed by atoms with E-state index in [2.05, 4.69) is 20.8 Å². The van der Waals surface area contributed by atoms with Crippen LogP contribution < -0.4 is 10.5 Å². The molecule has 0 bridgehead atoms. The third-order valence-corrected chi connectivity index (χ3v) is 5.08. The molecular formula is C24H32N2O5. The zero-order valence-corrected chi connectivity index (χ0v) is 18.4. The van der Waals surface area contributed by atoms with Gasteiger partial charge in [0.25, 0.3) is 0 Å². The number of benzene rings is 2. The molecule has 0 aliphatic rings. The summed E-state index contributed by atoms with van der Waals surface area (Å²) in [6.07, 6.45) is 1.25. The van der Waals surface area contributed by atoms with Crippen LogP contribution in [0, 0.1) is 5.41 Å². The fourth-order valence-electron chi connectivity index (χ4n) is 2.89. The summed E-state index contributed by atoms with van der Waals surface area (Å²) < 4.78 is 5.75. The number of nitrogens with two attached hydrogens (primary N) is 1. The fraction of sp³-hybridized carbons (Fsp3) is 0.417. The van der Waals surface area contributed by atoms with Gasteiger partial charge in [0.1, 0.15) is 12.4 Å². The Balaban J connectivity index is 1.93. The van der Waals surface area contributed by atoms with Gasteiger partial charge in [-0.25, -0.2) is 9.86 Å². The van der Waals surface area contributed by atoms with E-state index in [0.717, 1.165) is 22.6 Å². The normalized spacial score (nSPS) is 13.3. The van der Waals surface area contributed by atoms with Gasteiger partial charge in [0.05, 0.1) is 6.61 Å². The second-order valence-electron chi connectivity index (χ2n) is 8.54. The summed E-state index contributed by atoms with van der Waals surface area (Å²) in [6.45, 7) is 6.89. The molecule has 0 radical (unpaired) electrons. The monoisotopic (exact) mass is 428 g/mol. The van der Waals surface area contributed by atoms with Crippen LogP contribution in [0.25, 0.3) is 0 Å². The van der Waals surface area contributed by atoms with E-state index < -0.39 is 12.0 Å². The molecule has 2 rings (SSSR count). The minimum Gasteiger partial charge on any atom is -0.494 e. The van der Waals surface area contributed by atoms with Crippen molar-refractivity contribution >= 4 is 12.4 Å². The molecule has 0 spiro atoms. The number of carbonyl (C=O) groups excluding carboxylic acids is 1. The summed E-state index contributed by atoms with van der Waals surface area (Å²) in [7, 11) is 0. The van der Waals surface area contributed by atoms with Crippen molar-refractivity contribution in [3.63, 3.8) is 0 Å². The second kappa shape index (κ2) is 11.5.